The number of rotatable bonds is 7. The summed E-state index contributed by atoms with van der Waals surface area (Å²) >= 11 is 0. The van der Waals surface area contributed by atoms with Crippen molar-refractivity contribution < 1.29 is 14.3 Å². The first-order valence-corrected chi connectivity index (χ1v) is 8.91. The van der Waals surface area contributed by atoms with Crippen molar-refractivity contribution in [2.45, 2.75) is 32.6 Å². The lowest BCUT2D eigenvalue weighted by Crippen LogP contribution is -2.22. The molecule has 1 heterocycles. The number of H-pyrrole nitrogens is 1. The number of ether oxygens (including phenoxy) is 2. The van der Waals surface area contributed by atoms with E-state index in [-0.39, 0.29) is 12.2 Å². The van der Waals surface area contributed by atoms with Crippen molar-refractivity contribution in [3.05, 3.63) is 51.4 Å². The Morgan fingerprint density at radius 3 is 2.73 bits per heavy atom. The smallest absolute Gasteiger partial charge is 0.338 e. The highest BCUT2D eigenvalue weighted by Gasteiger charge is 2.15. The SMILES string of the molecule is CCOCCOC(=O)c1ccc(Nc2nc3c(c(=O)[nH]2)CCCC3)cc1. The molecule has 0 spiro atoms. The zero-order valence-corrected chi connectivity index (χ0v) is 14.8. The van der Waals surface area contributed by atoms with E-state index in [1.807, 2.05) is 6.92 Å². The Hall–Kier alpha value is -2.67. The number of carbonyl (C=O) groups excluding carboxylic acids is 1. The number of carbonyl (C=O) groups is 1. The van der Waals surface area contributed by atoms with Crippen LogP contribution in [0.2, 0.25) is 0 Å². The van der Waals surface area contributed by atoms with Gasteiger partial charge in [0.25, 0.3) is 5.56 Å². The van der Waals surface area contributed by atoms with Gasteiger partial charge in [0.05, 0.1) is 17.9 Å². The number of benzene rings is 1. The number of aryl methyl sites for hydroxylation is 1. The lowest BCUT2D eigenvalue weighted by Gasteiger charge is -2.15. The van der Waals surface area contributed by atoms with Crippen LogP contribution in [0, 0.1) is 0 Å². The Balaban J connectivity index is 1.63. The zero-order valence-electron chi connectivity index (χ0n) is 14.8. The summed E-state index contributed by atoms with van der Waals surface area (Å²) in [6.45, 7) is 3.10. The van der Waals surface area contributed by atoms with Gasteiger partial charge in [-0.15, -0.1) is 0 Å². The predicted octanol–water partition coefficient (Wildman–Crippen LogP) is 2.59. The summed E-state index contributed by atoms with van der Waals surface area (Å²) < 4.78 is 10.3. The number of aromatic nitrogens is 2. The number of hydrogen-bond donors (Lipinski definition) is 2. The molecule has 138 valence electrons. The Bertz CT molecular complexity index is 815. The third-order valence-corrected chi connectivity index (χ3v) is 4.24. The van der Waals surface area contributed by atoms with Crippen LogP contribution < -0.4 is 10.9 Å². The van der Waals surface area contributed by atoms with Crippen LogP contribution >= 0.6 is 0 Å². The van der Waals surface area contributed by atoms with E-state index in [9.17, 15) is 9.59 Å². The number of esters is 1. The van der Waals surface area contributed by atoms with E-state index in [1.165, 1.54) is 0 Å². The quantitative estimate of drug-likeness (QED) is 0.584. The normalized spacial score (nSPS) is 13.1. The van der Waals surface area contributed by atoms with Gasteiger partial charge in [0, 0.05) is 17.9 Å². The number of aromatic amines is 1. The van der Waals surface area contributed by atoms with Gasteiger partial charge in [0.1, 0.15) is 6.61 Å². The number of anilines is 2. The summed E-state index contributed by atoms with van der Waals surface area (Å²) in [5.74, 6) is 0.0271. The van der Waals surface area contributed by atoms with E-state index in [0.29, 0.717) is 24.7 Å². The highest BCUT2D eigenvalue weighted by molar-refractivity contribution is 5.89. The molecule has 1 aromatic carbocycles. The lowest BCUT2D eigenvalue weighted by molar-refractivity contribution is 0.0335. The van der Waals surface area contributed by atoms with Crippen molar-refractivity contribution in [2.24, 2.45) is 0 Å². The molecule has 7 heteroatoms. The molecule has 2 N–H and O–H groups in total. The first-order valence-electron chi connectivity index (χ1n) is 8.91. The molecule has 0 saturated heterocycles. The summed E-state index contributed by atoms with van der Waals surface area (Å²) in [5, 5.41) is 3.08. The van der Waals surface area contributed by atoms with Crippen molar-refractivity contribution in [1.29, 1.82) is 0 Å². The first-order chi connectivity index (χ1) is 12.7. The number of nitrogens with zero attached hydrogens (tertiary/aromatic N) is 1. The largest absolute Gasteiger partial charge is 0.460 e. The van der Waals surface area contributed by atoms with Gasteiger partial charge in [0.2, 0.25) is 5.95 Å². The Morgan fingerprint density at radius 1 is 1.19 bits per heavy atom. The Morgan fingerprint density at radius 2 is 1.96 bits per heavy atom. The van der Waals surface area contributed by atoms with E-state index in [0.717, 1.165) is 42.6 Å². The lowest BCUT2D eigenvalue weighted by atomic mass is 9.97. The van der Waals surface area contributed by atoms with Crippen molar-refractivity contribution in [3.8, 4) is 0 Å². The average molecular weight is 357 g/mol. The van der Waals surface area contributed by atoms with Gasteiger partial charge in [-0.1, -0.05) is 0 Å². The molecule has 7 nitrogen and oxygen atoms in total. The summed E-state index contributed by atoms with van der Waals surface area (Å²) in [7, 11) is 0. The second-order valence-electron chi connectivity index (χ2n) is 6.08. The topological polar surface area (TPSA) is 93.3 Å². The molecule has 0 bridgehead atoms. The van der Waals surface area contributed by atoms with Gasteiger partial charge < -0.3 is 14.8 Å². The third-order valence-electron chi connectivity index (χ3n) is 4.24. The fourth-order valence-electron chi connectivity index (χ4n) is 2.91. The molecule has 0 saturated carbocycles. The van der Waals surface area contributed by atoms with E-state index in [1.54, 1.807) is 24.3 Å². The molecule has 1 aromatic heterocycles. The molecule has 1 aliphatic carbocycles. The van der Waals surface area contributed by atoms with Crippen LogP contribution in [0.4, 0.5) is 11.6 Å². The summed E-state index contributed by atoms with van der Waals surface area (Å²) in [6, 6.07) is 6.83. The molecule has 3 rings (SSSR count). The first kappa shape index (κ1) is 18.1. The fraction of sp³-hybridized carbons (Fsp3) is 0.421. The molecule has 0 atom stereocenters. The van der Waals surface area contributed by atoms with Gasteiger partial charge in [-0.05, 0) is 56.9 Å². The maximum absolute atomic E-state index is 12.2. The molecule has 26 heavy (non-hydrogen) atoms. The Kier molecular flexibility index (Phi) is 6.01. The van der Waals surface area contributed by atoms with Gasteiger partial charge in [-0.2, -0.15) is 0 Å². The minimum Gasteiger partial charge on any atom is -0.460 e. The molecular formula is C19H23N3O4. The van der Waals surface area contributed by atoms with Gasteiger partial charge in [-0.3, -0.25) is 9.78 Å². The van der Waals surface area contributed by atoms with Crippen LogP contribution in [-0.2, 0) is 22.3 Å². The van der Waals surface area contributed by atoms with E-state index < -0.39 is 5.97 Å². The van der Waals surface area contributed by atoms with Gasteiger partial charge in [0.15, 0.2) is 0 Å². The third kappa shape index (κ3) is 4.49. The van der Waals surface area contributed by atoms with Crippen LogP contribution in [0.15, 0.2) is 29.1 Å². The fourth-order valence-corrected chi connectivity index (χ4v) is 2.91. The molecular weight excluding hydrogens is 334 g/mol. The molecule has 1 aliphatic rings. The highest BCUT2D eigenvalue weighted by Crippen LogP contribution is 2.19. The number of nitrogens with one attached hydrogen (secondary N) is 2. The predicted molar refractivity (Wildman–Crippen MR) is 98.0 cm³/mol. The van der Waals surface area contributed by atoms with Gasteiger partial charge in [-0.25, -0.2) is 9.78 Å². The minimum absolute atomic E-state index is 0.0771. The molecule has 0 fully saturated rings. The maximum Gasteiger partial charge on any atom is 0.338 e. The van der Waals surface area contributed by atoms with Crippen molar-refractivity contribution >= 4 is 17.6 Å². The van der Waals surface area contributed by atoms with Gasteiger partial charge >= 0.3 is 5.97 Å². The van der Waals surface area contributed by atoms with Crippen LogP contribution in [0.3, 0.4) is 0 Å². The second-order valence-corrected chi connectivity index (χ2v) is 6.08. The van der Waals surface area contributed by atoms with E-state index in [2.05, 4.69) is 15.3 Å². The Labute approximate surface area is 151 Å². The minimum atomic E-state index is -0.392. The van der Waals surface area contributed by atoms with Crippen molar-refractivity contribution in [3.63, 3.8) is 0 Å². The number of hydrogen-bond acceptors (Lipinski definition) is 6. The maximum atomic E-state index is 12.2. The summed E-state index contributed by atoms with van der Waals surface area (Å²) in [4.78, 5) is 31.4. The molecule has 2 aromatic rings. The van der Waals surface area contributed by atoms with Crippen molar-refractivity contribution in [2.75, 3.05) is 25.1 Å². The zero-order chi connectivity index (χ0) is 18.4. The molecule has 0 radical (unpaired) electrons. The molecule has 0 unspecified atom stereocenters. The van der Waals surface area contributed by atoms with Crippen molar-refractivity contribution in [1.82, 2.24) is 9.97 Å². The standard InChI is InChI=1S/C19H23N3O4/c1-2-25-11-12-26-18(24)13-7-9-14(10-8-13)20-19-21-16-6-4-3-5-15(16)17(23)22-19/h7-10H,2-6,11-12H2,1H3,(H2,20,21,22,23). The van der Waals surface area contributed by atoms with Crippen LogP contribution in [0.1, 0.15) is 41.4 Å². The summed E-state index contributed by atoms with van der Waals surface area (Å²) in [5.41, 5.74) is 2.78. The van der Waals surface area contributed by atoms with Crippen LogP contribution in [0.25, 0.3) is 0 Å². The summed E-state index contributed by atoms with van der Waals surface area (Å²) in [6.07, 6.45) is 3.72. The second kappa shape index (κ2) is 8.62. The highest BCUT2D eigenvalue weighted by atomic mass is 16.6. The van der Waals surface area contributed by atoms with Crippen LogP contribution in [0.5, 0.6) is 0 Å². The molecule has 0 aliphatic heterocycles. The molecule has 0 amide bonds. The monoisotopic (exact) mass is 357 g/mol. The van der Waals surface area contributed by atoms with E-state index >= 15 is 0 Å². The number of fused-ring (bicyclic) bond motifs is 1. The average Bonchev–Trinajstić information content (AvgIpc) is 2.66. The van der Waals surface area contributed by atoms with E-state index in [4.69, 9.17) is 9.47 Å². The van der Waals surface area contributed by atoms with Crippen LogP contribution in [-0.4, -0.2) is 35.8 Å².